The SMILES string of the molecule is Cc1sc(C(=O)N(CC(C)C)C2CC2)cc1S(N)(=O)=O. The number of hydrogen-bond acceptors (Lipinski definition) is 4. The van der Waals surface area contributed by atoms with E-state index in [4.69, 9.17) is 5.14 Å². The summed E-state index contributed by atoms with van der Waals surface area (Å²) in [5.41, 5.74) is 0. The highest BCUT2D eigenvalue weighted by Crippen LogP contribution is 2.32. The number of hydrogen-bond donors (Lipinski definition) is 1. The van der Waals surface area contributed by atoms with Crippen LogP contribution in [0.4, 0.5) is 0 Å². The van der Waals surface area contributed by atoms with Crippen LogP contribution in [0.25, 0.3) is 0 Å². The fraction of sp³-hybridized carbons (Fsp3) is 0.615. The van der Waals surface area contributed by atoms with Gasteiger partial charge in [-0.2, -0.15) is 0 Å². The van der Waals surface area contributed by atoms with Gasteiger partial charge in [-0.3, -0.25) is 4.79 Å². The lowest BCUT2D eigenvalue weighted by molar-refractivity contribution is 0.0727. The Labute approximate surface area is 123 Å². The Morgan fingerprint density at radius 3 is 2.50 bits per heavy atom. The number of carbonyl (C=O) groups is 1. The minimum atomic E-state index is -3.76. The first-order valence-electron chi connectivity index (χ1n) is 6.64. The molecule has 112 valence electrons. The van der Waals surface area contributed by atoms with E-state index in [1.165, 1.54) is 17.4 Å². The van der Waals surface area contributed by atoms with Crippen molar-refractivity contribution in [2.24, 2.45) is 11.1 Å². The molecular formula is C13H20N2O3S2. The van der Waals surface area contributed by atoms with E-state index in [1.54, 1.807) is 6.92 Å². The summed E-state index contributed by atoms with van der Waals surface area (Å²) in [7, 11) is -3.76. The average molecular weight is 316 g/mol. The molecule has 1 saturated carbocycles. The second kappa shape index (κ2) is 5.46. The van der Waals surface area contributed by atoms with Crippen LogP contribution in [0.2, 0.25) is 0 Å². The molecule has 2 N–H and O–H groups in total. The van der Waals surface area contributed by atoms with Gasteiger partial charge < -0.3 is 4.90 Å². The van der Waals surface area contributed by atoms with E-state index in [0.717, 1.165) is 12.8 Å². The van der Waals surface area contributed by atoms with Gasteiger partial charge in [0.2, 0.25) is 10.0 Å². The first-order chi connectivity index (χ1) is 9.20. The van der Waals surface area contributed by atoms with Crippen LogP contribution in [0, 0.1) is 12.8 Å². The first kappa shape index (κ1) is 15.5. The molecule has 1 fully saturated rings. The van der Waals surface area contributed by atoms with E-state index in [9.17, 15) is 13.2 Å². The molecular weight excluding hydrogens is 296 g/mol. The Hall–Kier alpha value is -0.920. The fourth-order valence-electron chi connectivity index (χ4n) is 2.17. The maximum Gasteiger partial charge on any atom is 0.264 e. The van der Waals surface area contributed by atoms with Crippen LogP contribution in [0.5, 0.6) is 0 Å². The van der Waals surface area contributed by atoms with Crippen LogP contribution in [-0.2, 0) is 10.0 Å². The van der Waals surface area contributed by atoms with Gasteiger partial charge in [0.05, 0.1) is 9.77 Å². The molecule has 5 nitrogen and oxygen atoms in total. The normalized spacial score (nSPS) is 15.7. The lowest BCUT2D eigenvalue weighted by Gasteiger charge is -2.23. The predicted octanol–water partition coefficient (Wildman–Crippen LogP) is 1.96. The number of rotatable bonds is 5. The minimum absolute atomic E-state index is 0.0612. The van der Waals surface area contributed by atoms with Crippen molar-refractivity contribution in [1.29, 1.82) is 0 Å². The van der Waals surface area contributed by atoms with Gasteiger partial charge in [-0.15, -0.1) is 11.3 Å². The van der Waals surface area contributed by atoms with Crippen molar-refractivity contribution in [3.05, 3.63) is 15.8 Å². The molecule has 0 unspecified atom stereocenters. The summed E-state index contributed by atoms with van der Waals surface area (Å²) in [5, 5.41) is 5.15. The molecule has 0 atom stereocenters. The van der Waals surface area contributed by atoms with Crippen molar-refractivity contribution >= 4 is 27.3 Å². The Balaban J connectivity index is 2.28. The molecule has 0 aliphatic heterocycles. The van der Waals surface area contributed by atoms with Gasteiger partial charge in [-0.25, -0.2) is 13.6 Å². The zero-order chi connectivity index (χ0) is 15.1. The van der Waals surface area contributed by atoms with Crippen LogP contribution in [0.15, 0.2) is 11.0 Å². The number of amides is 1. The van der Waals surface area contributed by atoms with Crippen molar-refractivity contribution in [3.8, 4) is 0 Å². The zero-order valence-corrected chi connectivity index (χ0v) is 13.6. The van der Waals surface area contributed by atoms with E-state index in [2.05, 4.69) is 13.8 Å². The number of nitrogens with two attached hydrogens (primary N) is 1. The number of carbonyl (C=O) groups excluding carboxylic acids is 1. The van der Waals surface area contributed by atoms with Crippen LogP contribution in [-0.4, -0.2) is 31.8 Å². The zero-order valence-electron chi connectivity index (χ0n) is 11.9. The average Bonchev–Trinajstić information content (AvgIpc) is 3.06. The van der Waals surface area contributed by atoms with Gasteiger partial charge in [0.25, 0.3) is 5.91 Å². The van der Waals surface area contributed by atoms with Crippen molar-refractivity contribution in [2.75, 3.05) is 6.54 Å². The summed E-state index contributed by atoms with van der Waals surface area (Å²) < 4.78 is 22.9. The van der Waals surface area contributed by atoms with Gasteiger partial charge in [0, 0.05) is 17.5 Å². The highest BCUT2D eigenvalue weighted by molar-refractivity contribution is 7.89. The number of primary sulfonamides is 1. The van der Waals surface area contributed by atoms with Gasteiger partial charge >= 0.3 is 0 Å². The summed E-state index contributed by atoms with van der Waals surface area (Å²) in [6.07, 6.45) is 2.07. The van der Waals surface area contributed by atoms with Gasteiger partial charge in [0.15, 0.2) is 0 Å². The van der Waals surface area contributed by atoms with Gasteiger partial charge in [-0.05, 0) is 31.7 Å². The highest BCUT2D eigenvalue weighted by Gasteiger charge is 2.34. The van der Waals surface area contributed by atoms with E-state index in [0.29, 0.717) is 28.3 Å². The molecule has 0 bridgehead atoms. The van der Waals surface area contributed by atoms with E-state index in [-0.39, 0.29) is 10.8 Å². The molecule has 0 radical (unpaired) electrons. The molecule has 1 aliphatic rings. The van der Waals surface area contributed by atoms with Gasteiger partial charge in [0.1, 0.15) is 0 Å². The molecule has 20 heavy (non-hydrogen) atoms. The molecule has 7 heteroatoms. The molecule has 1 aromatic heterocycles. The topological polar surface area (TPSA) is 80.5 Å². The molecule has 2 rings (SSSR count). The predicted molar refractivity (Wildman–Crippen MR) is 79.3 cm³/mol. The number of sulfonamides is 1. The Kier molecular flexibility index (Phi) is 4.22. The van der Waals surface area contributed by atoms with E-state index in [1.807, 2.05) is 4.90 Å². The molecule has 1 amide bonds. The summed E-state index contributed by atoms with van der Waals surface area (Å²) in [6.45, 7) is 6.51. The molecule has 0 aromatic carbocycles. The molecule has 1 aromatic rings. The number of aryl methyl sites for hydroxylation is 1. The second-order valence-electron chi connectivity index (χ2n) is 5.66. The third-order valence-corrected chi connectivity index (χ3v) is 5.40. The first-order valence-corrected chi connectivity index (χ1v) is 9.00. The lowest BCUT2D eigenvalue weighted by Crippen LogP contribution is -2.35. The third-order valence-electron chi connectivity index (χ3n) is 3.20. The molecule has 1 aliphatic carbocycles. The maximum absolute atomic E-state index is 12.6. The van der Waals surface area contributed by atoms with Crippen LogP contribution in [0.3, 0.4) is 0 Å². The summed E-state index contributed by atoms with van der Waals surface area (Å²) in [5.74, 6) is 0.308. The summed E-state index contributed by atoms with van der Waals surface area (Å²) in [4.78, 5) is 15.5. The molecule has 0 saturated heterocycles. The van der Waals surface area contributed by atoms with Crippen molar-refractivity contribution in [2.45, 2.75) is 44.6 Å². The molecule has 0 spiro atoms. The Morgan fingerprint density at radius 2 is 2.10 bits per heavy atom. The highest BCUT2D eigenvalue weighted by atomic mass is 32.2. The second-order valence-corrected chi connectivity index (χ2v) is 8.44. The Bertz CT molecular complexity index is 616. The van der Waals surface area contributed by atoms with Crippen molar-refractivity contribution in [1.82, 2.24) is 4.90 Å². The summed E-state index contributed by atoms with van der Waals surface area (Å²) >= 11 is 1.20. The number of nitrogens with zero attached hydrogens (tertiary/aromatic N) is 1. The quantitative estimate of drug-likeness (QED) is 0.901. The minimum Gasteiger partial charge on any atom is -0.335 e. The van der Waals surface area contributed by atoms with Crippen molar-refractivity contribution in [3.63, 3.8) is 0 Å². The monoisotopic (exact) mass is 316 g/mol. The molecule has 1 heterocycles. The lowest BCUT2D eigenvalue weighted by atomic mass is 10.2. The summed E-state index contributed by atoms with van der Waals surface area (Å²) in [6, 6.07) is 1.72. The number of thiophene rings is 1. The standard InChI is InChI=1S/C13H20N2O3S2/c1-8(2)7-15(10-4-5-10)13(16)11-6-12(9(3)19-11)20(14,17)18/h6,8,10H,4-5,7H2,1-3H3,(H2,14,17,18). The van der Waals surface area contributed by atoms with E-state index < -0.39 is 10.0 Å². The smallest absolute Gasteiger partial charge is 0.264 e. The maximum atomic E-state index is 12.6. The largest absolute Gasteiger partial charge is 0.335 e. The van der Waals surface area contributed by atoms with Crippen LogP contribution < -0.4 is 5.14 Å². The van der Waals surface area contributed by atoms with Crippen LogP contribution >= 0.6 is 11.3 Å². The third kappa shape index (κ3) is 3.39. The van der Waals surface area contributed by atoms with Crippen molar-refractivity contribution < 1.29 is 13.2 Å². The Morgan fingerprint density at radius 1 is 1.50 bits per heavy atom. The fourth-order valence-corrected chi connectivity index (χ4v) is 4.27. The van der Waals surface area contributed by atoms with Gasteiger partial charge in [-0.1, -0.05) is 13.8 Å². The van der Waals surface area contributed by atoms with Crippen LogP contribution in [0.1, 0.15) is 41.2 Å². The van der Waals surface area contributed by atoms with E-state index >= 15 is 0 Å².